The molecule has 0 aromatic carbocycles. The summed E-state index contributed by atoms with van der Waals surface area (Å²) in [6.07, 6.45) is 8.46. The standard InChI is InChI=1S/C12H18Si/c1-7-8-9-10-11-13(5,6)12(2,3)4/h1,8-9H,2-6H3/b9-8+. The van der Waals surface area contributed by atoms with E-state index < -0.39 is 8.07 Å². The van der Waals surface area contributed by atoms with Crippen LogP contribution in [0.1, 0.15) is 20.8 Å². The Labute approximate surface area is 83.4 Å². The van der Waals surface area contributed by atoms with Crippen LogP contribution in [0.25, 0.3) is 0 Å². The van der Waals surface area contributed by atoms with Crippen molar-refractivity contribution in [3.05, 3.63) is 12.2 Å². The van der Waals surface area contributed by atoms with E-state index in [1.807, 2.05) is 0 Å². The molecule has 0 saturated carbocycles. The summed E-state index contributed by atoms with van der Waals surface area (Å²) in [6, 6.07) is 0. The first-order valence-corrected chi connectivity index (χ1v) is 7.45. The van der Waals surface area contributed by atoms with Gasteiger partial charge in [0.25, 0.3) is 0 Å². The van der Waals surface area contributed by atoms with E-state index in [-0.39, 0.29) is 0 Å². The lowest BCUT2D eigenvalue weighted by Crippen LogP contribution is -2.35. The van der Waals surface area contributed by atoms with Crippen molar-refractivity contribution in [1.29, 1.82) is 0 Å². The van der Waals surface area contributed by atoms with E-state index in [9.17, 15) is 0 Å². The first-order chi connectivity index (χ1) is 5.81. The van der Waals surface area contributed by atoms with E-state index in [1.165, 1.54) is 0 Å². The van der Waals surface area contributed by atoms with E-state index in [1.54, 1.807) is 12.2 Å². The maximum absolute atomic E-state index is 5.07. The molecule has 0 aliphatic rings. The largest absolute Gasteiger partial charge is 0.138 e. The molecule has 70 valence electrons. The minimum Gasteiger partial charge on any atom is -0.126 e. The van der Waals surface area contributed by atoms with Gasteiger partial charge in [-0.15, -0.1) is 12.0 Å². The minimum atomic E-state index is -1.44. The molecule has 0 aliphatic carbocycles. The fraction of sp³-hybridized carbons (Fsp3) is 0.500. The third-order valence-corrected chi connectivity index (χ3v) is 7.04. The molecule has 0 saturated heterocycles. The van der Waals surface area contributed by atoms with Gasteiger partial charge in [-0.1, -0.05) is 45.7 Å². The average Bonchev–Trinajstić information content (AvgIpc) is 1.96. The second-order valence-corrected chi connectivity index (χ2v) is 9.64. The first kappa shape index (κ1) is 12.1. The molecule has 0 bridgehead atoms. The van der Waals surface area contributed by atoms with Crippen LogP contribution >= 0.6 is 0 Å². The Bertz CT molecular complexity index is 284. The second-order valence-electron chi connectivity index (χ2n) is 4.64. The zero-order valence-corrected chi connectivity index (χ0v) is 10.2. The number of rotatable bonds is 0. The van der Waals surface area contributed by atoms with Crippen LogP contribution in [0, 0.1) is 23.8 Å². The predicted molar refractivity (Wildman–Crippen MR) is 62.9 cm³/mol. The van der Waals surface area contributed by atoms with Crippen LogP contribution in [0.3, 0.4) is 0 Å². The second kappa shape index (κ2) is 4.35. The molecule has 0 nitrogen and oxygen atoms in total. The molecule has 0 radical (unpaired) electrons. The normalized spacial score (nSPS) is 12.0. The highest BCUT2D eigenvalue weighted by molar-refractivity contribution is 6.87. The van der Waals surface area contributed by atoms with E-state index in [4.69, 9.17) is 6.42 Å². The van der Waals surface area contributed by atoms with Gasteiger partial charge in [-0.3, -0.25) is 0 Å². The summed E-state index contributed by atoms with van der Waals surface area (Å²) >= 11 is 0. The van der Waals surface area contributed by atoms with E-state index >= 15 is 0 Å². The molecule has 0 fully saturated rings. The molecule has 0 spiro atoms. The van der Waals surface area contributed by atoms with Gasteiger partial charge in [-0.2, -0.15) is 0 Å². The smallest absolute Gasteiger partial charge is 0.126 e. The Morgan fingerprint density at radius 1 is 1.15 bits per heavy atom. The van der Waals surface area contributed by atoms with Crippen LogP contribution in [-0.4, -0.2) is 8.07 Å². The maximum Gasteiger partial charge on any atom is 0.138 e. The summed E-state index contributed by atoms with van der Waals surface area (Å²) in [5, 5.41) is 0.323. The van der Waals surface area contributed by atoms with E-state index in [2.05, 4.69) is 51.2 Å². The van der Waals surface area contributed by atoms with Crippen molar-refractivity contribution in [2.24, 2.45) is 0 Å². The Hall–Kier alpha value is -0.923. The van der Waals surface area contributed by atoms with Crippen molar-refractivity contribution in [3.8, 4) is 23.8 Å². The lowest BCUT2D eigenvalue weighted by atomic mass is 10.2. The highest BCUT2D eigenvalue weighted by atomic mass is 28.3. The van der Waals surface area contributed by atoms with Crippen molar-refractivity contribution in [2.75, 3.05) is 0 Å². The van der Waals surface area contributed by atoms with Gasteiger partial charge in [0.15, 0.2) is 0 Å². The Kier molecular flexibility index (Phi) is 4.04. The van der Waals surface area contributed by atoms with Crippen LogP contribution in [0.15, 0.2) is 12.2 Å². The fourth-order valence-corrected chi connectivity index (χ4v) is 1.32. The van der Waals surface area contributed by atoms with E-state index in [0.29, 0.717) is 5.04 Å². The van der Waals surface area contributed by atoms with Crippen molar-refractivity contribution in [3.63, 3.8) is 0 Å². The molecule has 13 heavy (non-hydrogen) atoms. The van der Waals surface area contributed by atoms with Gasteiger partial charge in [0.2, 0.25) is 0 Å². The summed E-state index contributed by atoms with van der Waals surface area (Å²) in [5.41, 5.74) is 3.34. The van der Waals surface area contributed by atoms with Crippen LogP contribution in [-0.2, 0) is 0 Å². The maximum atomic E-state index is 5.07. The van der Waals surface area contributed by atoms with E-state index in [0.717, 1.165) is 0 Å². The van der Waals surface area contributed by atoms with Crippen molar-refractivity contribution in [1.82, 2.24) is 0 Å². The number of allylic oxidation sites excluding steroid dienone is 2. The van der Waals surface area contributed by atoms with Gasteiger partial charge in [0, 0.05) is 0 Å². The van der Waals surface area contributed by atoms with Gasteiger partial charge in [0.1, 0.15) is 8.07 Å². The lowest BCUT2D eigenvalue weighted by molar-refractivity contribution is 0.731. The van der Waals surface area contributed by atoms with Gasteiger partial charge in [0.05, 0.1) is 0 Å². The Morgan fingerprint density at radius 2 is 1.69 bits per heavy atom. The molecule has 0 unspecified atom stereocenters. The third kappa shape index (κ3) is 4.01. The summed E-state index contributed by atoms with van der Waals surface area (Å²) in [4.78, 5) is 0. The highest BCUT2D eigenvalue weighted by Crippen LogP contribution is 2.34. The summed E-state index contributed by atoms with van der Waals surface area (Å²) < 4.78 is 0. The zero-order valence-electron chi connectivity index (χ0n) is 9.23. The lowest BCUT2D eigenvalue weighted by Gasteiger charge is -2.31. The van der Waals surface area contributed by atoms with Crippen LogP contribution in [0.2, 0.25) is 18.1 Å². The van der Waals surface area contributed by atoms with Gasteiger partial charge in [-0.05, 0) is 17.2 Å². The highest BCUT2D eigenvalue weighted by Gasteiger charge is 2.33. The molecule has 0 aromatic rings. The first-order valence-electron chi connectivity index (χ1n) is 4.45. The molecular formula is C12H18Si. The molecule has 0 rings (SSSR count). The fourth-order valence-electron chi connectivity index (χ4n) is 0.499. The molecular weight excluding hydrogens is 172 g/mol. The van der Waals surface area contributed by atoms with Crippen LogP contribution in [0.5, 0.6) is 0 Å². The van der Waals surface area contributed by atoms with Crippen LogP contribution in [0.4, 0.5) is 0 Å². The van der Waals surface area contributed by atoms with Gasteiger partial charge in [-0.25, -0.2) is 0 Å². The molecule has 0 amide bonds. The molecule has 0 heterocycles. The quantitative estimate of drug-likeness (QED) is 0.406. The van der Waals surface area contributed by atoms with Crippen molar-refractivity contribution in [2.45, 2.75) is 38.9 Å². The third-order valence-electron chi connectivity index (χ3n) is 2.52. The molecule has 1 heteroatoms. The summed E-state index contributed by atoms with van der Waals surface area (Å²) in [5.74, 6) is 5.45. The Morgan fingerprint density at radius 3 is 2.08 bits per heavy atom. The zero-order chi connectivity index (χ0) is 10.5. The number of hydrogen-bond acceptors (Lipinski definition) is 0. The number of hydrogen-bond donors (Lipinski definition) is 0. The number of terminal acetylenes is 1. The topological polar surface area (TPSA) is 0 Å². The Balaban J connectivity index is 4.59. The van der Waals surface area contributed by atoms with Gasteiger partial charge >= 0.3 is 0 Å². The molecule has 0 aliphatic heterocycles. The molecule has 0 N–H and O–H groups in total. The summed E-state index contributed by atoms with van der Waals surface area (Å²) in [6.45, 7) is 11.3. The summed E-state index contributed by atoms with van der Waals surface area (Å²) in [7, 11) is -1.44. The monoisotopic (exact) mass is 190 g/mol. The molecule has 0 atom stereocenters. The SMILES string of the molecule is C#C/C=C/C#C[Si](C)(C)C(C)(C)C. The van der Waals surface area contributed by atoms with Crippen LogP contribution < -0.4 is 0 Å². The average molecular weight is 190 g/mol. The molecule has 0 aromatic heterocycles. The predicted octanol–water partition coefficient (Wildman–Crippen LogP) is 3.23. The minimum absolute atomic E-state index is 0.323. The van der Waals surface area contributed by atoms with Gasteiger partial charge < -0.3 is 0 Å². The van der Waals surface area contributed by atoms with Crippen molar-refractivity contribution >= 4 is 8.07 Å². The van der Waals surface area contributed by atoms with Crippen molar-refractivity contribution < 1.29 is 0 Å².